The second-order valence-electron chi connectivity index (χ2n) is 7.96. The molecule has 1 saturated carbocycles. The van der Waals surface area contributed by atoms with Gasteiger partial charge in [0.25, 0.3) is 0 Å². The molecule has 1 aliphatic carbocycles. The lowest BCUT2D eigenvalue weighted by atomic mass is 10.00. The summed E-state index contributed by atoms with van der Waals surface area (Å²) in [5.74, 6) is 0.129. The molecule has 0 spiro atoms. The number of carbonyl (C=O) groups excluding carboxylic acids is 1. The van der Waals surface area contributed by atoms with E-state index in [0.29, 0.717) is 12.5 Å². The third-order valence-corrected chi connectivity index (χ3v) is 6.08. The lowest BCUT2D eigenvalue weighted by Crippen LogP contribution is -2.32. The van der Waals surface area contributed by atoms with Crippen molar-refractivity contribution >= 4 is 16.8 Å². The van der Waals surface area contributed by atoms with Crippen molar-refractivity contribution in [1.82, 2.24) is 25.3 Å². The number of amides is 1. The van der Waals surface area contributed by atoms with Crippen molar-refractivity contribution in [3.05, 3.63) is 60.9 Å². The number of nitrogens with zero attached hydrogens (tertiary/aromatic N) is 3. The number of hydrogen-bond donors (Lipinski definition) is 2. The van der Waals surface area contributed by atoms with E-state index in [9.17, 15) is 4.79 Å². The van der Waals surface area contributed by atoms with Gasteiger partial charge in [0, 0.05) is 24.0 Å². The molecule has 2 N–H and O–H groups in total. The van der Waals surface area contributed by atoms with Gasteiger partial charge in [0.05, 0.1) is 23.4 Å². The van der Waals surface area contributed by atoms with Gasteiger partial charge in [-0.1, -0.05) is 43.3 Å². The van der Waals surface area contributed by atoms with Crippen LogP contribution in [0.25, 0.3) is 33.3 Å². The van der Waals surface area contributed by atoms with Crippen molar-refractivity contribution in [3.8, 4) is 22.4 Å². The predicted octanol–water partition coefficient (Wildman–Crippen LogP) is 4.71. The van der Waals surface area contributed by atoms with E-state index in [-0.39, 0.29) is 11.9 Å². The number of fused-ring (bicyclic) bond motifs is 1. The van der Waals surface area contributed by atoms with Gasteiger partial charge in [-0.05, 0) is 48.1 Å². The molecule has 5 rings (SSSR count). The van der Waals surface area contributed by atoms with Crippen LogP contribution < -0.4 is 5.32 Å². The fraction of sp³-hybridized carbons (Fsp3) is 0.292. The van der Waals surface area contributed by atoms with Crippen LogP contribution in [-0.4, -0.2) is 31.9 Å². The molecule has 6 heteroatoms. The van der Waals surface area contributed by atoms with E-state index in [2.05, 4.69) is 61.7 Å². The number of H-pyrrole nitrogens is 1. The smallest absolute Gasteiger partial charge is 0.219 e. The second kappa shape index (κ2) is 7.78. The zero-order valence-electron chi connectivity index (χ0n) is 17.0. The molecular weight excluding hydrogens is 374 g/mol. The first-order chi connectivity index (χ1) is 14.7. The molecule has 0 saturated heterocycles. The van der Waals surface area contributed by atoms with Crippen molar-refractivity contribution in [2.45, 2.75) is 44.7 Å². The molecule has 4 aromatic rings. The molecule has 2 atom stereocenters. The first-order valence-corrected chi connectivity index (χ1v) is 10.6. The average molecular weight is 399 g/mol. The summed E-state index contributed by atoms with van der Waals surface area (Å²) in [4.78, 5) is 11.7. The number of carbonyl (C=O) groups is 1. The summed E-state index contributed by atoms with van der Waals surface area (Å²) < 4.78 is 2.13. The third-order valence-electron chi connectivity index (χ3n) is 6.08. The Hall–Kier alpha value is -3.41. The van der Waals surface area contributed by atoms with Gasteiger partial charge in [-0.15, -0.1) is 0 Å². The van der Waals surface area contributed by atoms with Crippen molar-refractivity contribution in [3.63, 3.8) is 0 Å². The minimum atomic E-state index is 0.129. The molecule has 0 bridgehead atoms. The van der Waals surface area contributed by atoms with Gasteiger partial charge >= 0.3 is 0 Å². The summed E-state index contributed by atoms with van der Waals surface area (Å²) in [5, 5.41) is 16.1. The Morgan fingerprint density at radius 3 is 2.80 bits per heavy atom. The molecule has 1 fully saturated rings. The fourth-order valence-corrected chi connectivity index (χ4v) is 4.51. The summed E-state index contributed by atoms with van der Waals surface area (Å²) in [6, 6.07) is 17.5. The molecule has 2 aromatic heterocycles. The minimum Gasteiger partial charge on any atom is -0.353 e. The van der Waals surface area contributed by atoms with Crippen molar-refractivity contribution in [1.29, 1.82) is 0 Å². The standard InChI is InChI=1S/C24H25N5O/c1-2-24(30)27-18-10-11-19(14-18)29-23(12-13-26-29)17-8-6-16(7-9-17)20-4-3-5-22-21(20)15-25-28-22/h3-9,12-13,15,18-19H,2,10-11,14H2,1H3,(H,25,28)(H,27,30). The van der Waals surface area contributed by atoms with Crippen LogP contribution in [0.1, 0.15) is 38.6 Å². The van der Waals surface area contributed by atoms with Gasteiger partial charge in [0.2, 0.25) is 5.91 Å². The molecule has 0 aliphatic heterocycles. The maximum absolute atomic E-state index is 11.7. The van der Waals surface area contributed by atoms with Crippen LogP contribution >= 0.6 is 0 Å². The maximum Gasteiger partial charge on any atom is 0.219 e. The van der Waals surface area contributed by atoms with Crippen LogP contribution in [-0.2, 0) is 4.79 Å². The molecule has 152 valence electrons. The van der Waals surface area contributed by atoms with Crippen LogP contribution in [0.5, 0.6) is 0 Å². The second-order valence-corrected chi connectivity index (χ2v) is 7.96. The Labute approximate surface area is 175 Å². The van der Waals surface area contributed by atoms with E-state index in [1.165, 1.54) is 11.1 Å². The summed E-state index contributed by atoms with van der Waals surface area (Å²) in [6.07, 6.45) is 7.25. The Balaban J connectivity index is 1.38. The zero-order valence-corrected chi connectivity index (χ0v) is 17.0. The quantitative estimate of drug-likeness (QED) is 0.510. The highest BCUT2D eigenvalue weighted by Crippen LogP contribution is 2.34. The van der Waals surface area contributed by atoms with Gasteiger partial charge in [-0.2, -0.15) is 10.2 Å². The number of benzene rings is 2. The zero-order chi connectivity index (χ0) is 20.5. The molecule has 2 unspecified atom stereocenters. The van der Waals surface area contributed by atoms with Gasteiger partial charge in [-0.25, -0.2) is 0 Å². The van der Waals surface area contributed by atoms with E-state index >= 15 is 0 Å². The van der Waals surface area contributed by atoms with Gasteiger partial charge < -0.3 is 5.32 Å². The monoisotopic (exact) mass is 399 g/mol. The Bertz CT molecular complexity index is 1170. The highest BCUT2D eigenvalue weighted by molar-refractivity contribution is 5.94. The van der Waals surface area contributed by atoms with Crippen LogP contribution in [0.3, 0.4) is 0 Å². The highest BCUT2D eigenvalue weighted by Gasteiger charge is 2.28. The molecule has 30 heavy (non-hydrogen) atoms. The molecule has 1 aliphatic rings. The first kappa shape index (κ1) is 18.6. The molecule has 2 heterocycles. The highest BCUT2D eigenvalue weighted by atomic mass is 16.1. The van der Waals surface area contributed by atoms with Crippen molar-refractivity contribution < 1.29 is 4.79 Å². The summed E-state index contributed by atoms with van der Waals surface area (Å²) in [7, 11) is 0. The van der Waals surface area contributed by atoms with E-state index < -0.39 is 0 Å². The number of aromatic nitrogens is 4. The summed E-state index contributed by atoms with van der Waals surface area (Å²) >= 11 is 0. The largest absolute Gasteiger partial charge is 0.353 e. The van der Waals surface area contributed by atoms with Crippen LogP contribution in [0.2, 0.25) is 0 Å². The molecule has 6 nitrogen and oxygen atoms in total. The molecule has 1 amide bonds. The lowest BCUT2D eigenvalue weighted by molar-refractivity contribution is -0.121. The SMILES string of the molecule is CCC(=O)NC1CCC(n2nccc2-c2ccc(-c3cccc4[nH]ncc34)cc2)C1. The number of hydrogen-bond acceptors (Lipinski definition) is 3. The Morgan fingerprint density at radius 1 is 1.13 bits per heavy atom. The van der Waals surface area contributed by atoms with Gasteiger partial charge in [0.1, 0.15) is 0 Å². The fourth-order valence-electron chi connectivity index (χ4n) is 4.51. The Morgan fingerprint density at radius 2 is 1.97 bits per heavy atom. The number of aromatic amines is 1. The third kappa shape index (κ3) is 3.38. The summed E-state index contributed by atoms with van der Waals surface area (Å²) in [6.45, 7) is 1.89. The minimum absolute atomic E-state index is 0.129. The van der Waals surface area contributed by atoms with Crippen LogP contribution in [0.15, 0.2) is 60.9 Å². The predicted molar refractivity (Wildman–Crippen MR) is 118 cm³/mol. The van der Waals surface area contributed by atoms with E-state index in [0.717, 1.165) is 41.4 Å². The van der Waals surface area contributed by atoms with Crippen molar-refractivity contribution in [2.75, 3.05) is 0 Å². The Kier molecular flexibility index (Phi) is 4.83. The molecule has 2 aromatic carbocycles. The van der Waals surface area contributed by atoms with E-state index in [4.69, 9.17) is 0 Å². The lowest BCUT2D eigenvalue weighted by Gasteiger charge is -2.16. The van der Waals surface area contributed by atoms with E-state index in [1.807, 2.05) is 31.5 Å². The van der Waals surface area contributed by atoms with Crippen molar-refractivity contribution in [2.24, 2.45) is 0 Å². The normalized spacial score (nSPS) is 18.7. The van der Waals surface area contributed by atoms with E-state index in [1.54, 1.807) is 0 Å². The average Bonchev–Trinajstić information content (AvgIpc) is 3.53. The van der Waals surface area contributed by atoms with Crippen LogP contribution in [0.4, 0.5) is 0 Å². The maximum atomic E-state index is 11.7. The molecular formula is C24H25N5O. The van der Waals surface area contributed by atoms with Crippen LogP contribution in [0, 0.1) is 0 Å². The topological polar surface area (TPSA) is 75.6 Å². The number of rotatable bonds is 5. The molecule has 0 radical (unpaired) electrons. The number of nitrogens with one attached hydrogen (secondary N) is 2. The first-order valence-electron chi connectivity index (χ1n) is 10.6. The van der Waals surface area contributed by atoms with Gasteiger partial charge in [-0.3, -0.25) is 14.6 Å². The van der Waals surface area contributed by atoms with Gasteiger partial charge in [0.15, 0.2) is 0 Å². The summed E-state index contributed by atoms with van der Waals surface area (Å²) in [5.41, 5.74) is 5.65.